The van der Waals surface area contributed by atoms with Gasteiger partial charge in [-0.05, 0) is 26.0 Å². The molecule has 0 saturated carbocycles. The second kappa shape index (κ2) is 6.91. The standard InChI is InChI=1S/C15H19N3O5S/c1-9-14(10(2)17-15(16-9)23-5)18-24(19,20)11-6-7-12(21-3)13(8-11)22-4/h6-8,18H,1-5H3. The van der Waals surface area contributed by atoms with Crippen molar-refractivity contribution in [2.75, 3.05) is 26.1 Å². The summed E-state index contributed by atoms with van der Waals surface area (Å²) in [6.45, 7) is 3.34. The van der Waals surface area contributed by atoms with Crippen LogP contribution < -0.4 is 18.9 Å². The van der Waals surface area contributed by atoms with Crippen LogP contribution in [0.4, 0.5) is 5.69 Å². The summed E-state index contributed by atoms with van der Waals surface area (Å²) in [5.74, 6) is 0.761. The fourth-order valence-corrected chi connectivity index (χ4v) is 3.29. The summed E-state index contributed by atoms with van der Waals surface area (Å²) < 4.78 is 43.0. The lowest BCUT2D eigenvalue weighted by Gasteiger charge is -2.14. The summed E-state index contributed by atoms with van der Waals surface area (Å²) in [7, 11) is 0.520. The molecule has 9 heteroatoms. The average molecular weight is 353 g/mol. The van der Waals surface area contributed by atoms with Crippen molar-refractivity contribution in [1.29, 1.82) is 0 Å². The van der Waals surface area contributed by atoms with E-state index in [0.717, 1.165) is 0 Å². The van der Waals surface area contributed by atoms with Crippen LogP contribution in [0.15, 0.2) is 23.1 Å². The number of aromatic nitrogens is 2. The summed E-state index contributed by atoms with van der Waals surface area (Å²) in [5.41, 5.74) is 1.23. The van der Waals surface area contributed by atoms with Gasteiger partial charge >= 0.3 is 6.01 Å². The van der Waals surface area contributed by atoms with Gasteiger partial charge in [0, 0.05) is 6.07 Å². The zero-order chi connectivity index (χ0) is 17.9. The fraction of sp³-hybridized carbons (Fsp3) is 0.333. The maximum Gasteiger partial charge on any atom is 0.316 e. The van der Waals surface area contributed by atoms with Crippen molar-refractivity contribution in [2.45, 2.75) is 18.7 Å². The molecule has 0 atom stereocenters. The molecule has 130 valence electrons. The van der Waals surface area contributed by atoms with Crippen LogP contribution in [0.3, 0.4) is 0 Å². The number of rotatable bonds is 6. The van der Waals surface area contributed by atoms with E-state index in [1.165, 1.54) is 39.5 Å². The van der Waals surface area contributed by atoms with Gasteiger partial charge < -0.3 is 14.2 Å². The number of anilines is 1. The molecule has 24 heavy (non-hydrogen) atoms. The number of ether oxygens (including phenoxy) is 3. The van der Waals surface area contributed by atoms with E-state index >= 15 is 0 Å². The lowest BCUT2D eigenvalue weighted by Crippen LogP contribution is -2.16. The fourth-order valence-electron chi connectivity index (χ4n) is 2.10. The van der Waals surface area contributed by atoms with Gasteiger partial charge in [0.1, 0.15) is 0 Å². The normalized spacial score (nSPS) is 11.0. The highest BCUT2D eigenvalue weighted by atomic mass is 32.2. The van der Waals surface area contributed by atoms with E-state index in [0.29, 0.717) is 28.6 Å². The molecule has 0 radical (unpaired) electrons. The first-order valence-electron chi connectivity index (χ1n) is 6.96. The quantitative estimate of drug-likeness (QED) is 0.847. The minimum absolute atomic E-state index is 0.0368. The SMILES string of the molecule is COc1nc(C)c(NS(=O)(=O)c2ccc(OC)c(OC)c2)c(C)n1. The van der Waals surface area contributed by atoms with Crippen LogP contribution in [-0.4, -0.2) is 39.7 Å². The van der Waals surface area contributed by atoms with E-state index in [1.54, 1.807) is 13.8 Å². The van der Waals surface area contributed by atoms with Gasteiger partial charge in [-0.1, -0.05) is 0 Å². The van der Waals surface area contributed by atoms with Crippen molar-refractivity contribution < 1.29 is 22.6 Å². The molecule has 2 rings (SSSR count). The number of hydrogen-bond donors (Lipinski definition) is 1. The minimum atomic E-state index is -3.84. The monoisotopic (exact) mass is 353 g/mol. The van der Waals surface area contributed by atoms with Gasteiger partial charge in [-0.3, -0.25) is 4.72 Å². The first kappa shape index (κ1) is 17.8. The van der Waals surface area contributed by atoms with Gasteiger partial charge in [0.05, 0.1) is 43.3 Å². The van der Waals surface area contributed by atoms with Gasteiger partial charge in [0.25, 0.3) is 10.0 Å². The molecule has 0 aliphatic rings. The number of aryl methyl sites for hydroxylation is 2. The summed E-state index contributed by atoms with van der Waals surface area (Å²) in [6.07, 6.45) is 0. The van der Waals surface area contributed by atoms with Crippen molar-refractivity contribution >= 4 is 15.7 Å². The molecule has 8 nitrogen and oxygen atoms in total. The van der Waals surface area contributed by atoms with Crippen LogP contribution in [0.5, 0.6) is 17.5 Å². The van der Waals surface area contributed by atoms with E-state index in [4.69, 9.17) is 14.2 Å². The van der Waals surface area contributed by atoms with Crippen LogP contribution in [0.25, 0.3) is 0 Å². The summed E-state index contributed by atoms with van der Waals surface area (Å²) in [6, 6.07) is 4.52. The van der Waals surface area contributed by atoms with Crippen LogP contribution in [0.2, 0.25) is 0 Å². The highest BCUT2D eigenvalue weighted by molar-refractivity contribution is 7.92. The van der Waals surface area contributed by atoms with Gasteiger partial charge in [0.15, 0.2) is 11.5 Å². The number of sulfonamides is 1. The van der Waals surface area contributed by atoms with Gasteiger partial charge in [-0.2, -0.15) is 9.97 Å². The van der Waals surface area contributed by atoms with E-state index in [1.807, 2.05) is 0 Å². The maximum atomic E-state index is 12.6. The second-order valence-electron chi connectivity index (χ2n) is 4.88. The third kappa shape index (κ3) is 3.51. The highest BCUT2D eigenvalue weighted by Crippen LogP contribution is 2.31. The van der Waals surface area contributed by atoms with E-state index in [9.17, 15) is 8.42 Å². The molecule has 0 amide bonds. The summed E-state index contributed by atoms with van der Waals surface area (Å²) >= 11 is 0. The second-order valence-corrected chi connectivity index (χ2v) is 6.56. The predicted octanol–water partition coefficient (Wildman–Crippen LogP) is 1.92. The van der Waals surface area contributed by atoms with Crippen molar-refractivity contribution in [1.82, 2.24) is 9.97 Å². The third-order valence-electron chi connectivity index (χ3n) is 3.33. The lowest BCUT2D eigenvalue weighted by atomic mass is 10.3. The van der Waals surface area contributed by atoms with E-state index in [2.05, 4.69) is 14.7 Å². The molecule has 2 aromatic rings. The van der Waals surface area contributed by atoms with Crippen molar-refractivity contribution in [3.8, 4) is 17.5 Å². The van der Waals surface area contributed by atoms with Crippen LogP contribution in [0, 0.1) is 13.8 Å². The Morgan fingerprint density at radius 3 is 2.00 bits per heavy atom. The summed E-state index contributed by atoms with van der Waals surface area (Å²) in [5, 5.41) is 0. The zero-order valence-corrected chi connectivity index (χ0v) is 14.9. The van der Waals surface area contributed by atoms with E-state index < -0.39 is 10.0 Å². The molecule has 1 heterocycles. The van der Waals surface area contributed by atoms with Crippen molar-refractivity contribution in [3.63, 3.8) is 0 Å². The smallest absolute Gasteiger partial charge is 0.316 e. The van der Waals surface area contributed by atoms with Crippen molar-refractivity contribution in [3.05, 3.63) is 29.6 Å². The largest absolute Gasteiger partial charge is 0.493 e. The minimum Gasteiger partial charge on any atom is -0.493 e. The Labute approximate surface area is 140 Å². The molecule has 0 unspecified atom stereocenters. The van der Waals surface area contributed by atoms with Crippen LogP contribution >= 0.6 is 0 Å². The van der Waals surface area contributed by atoms with Crippen LogP contribution in [0.1, 0.15) is 11.4 Å². The average Bonchev–Trinajstić information content (AvgIpc) is 2.57. The predicted molar refractivity (Wildman–Crippen MR) is 88.4 cm³/mol. The Kier molecular flexibility index (Phi) is 5.13. The Bertz CT molecular complexity index is 829. The maximum absolute atomic E-state index is 12.6. The molecule has 0 bridgehead atoms. The Morgan fingerprint density at radius 1 is 0.917 bits per heavy atom. The molecule has 1 N–H and O–H groups in total. The summed E-state index contributed by atoms with van der Waals surface area (Å²) in [4.78, 5) is 8.21. The molecule has 1 aromatic heterocycles. The third-order valence-corrected chi connectivity index (χ3v) is 4.68. The number of hydrogen-bond acceptors (Lipinski definition) is 7. The first-order valence-corrected chi connectivity index (χ1v) is 8.44. The number of methoxy groups -OCH3 is 3. The lowest BCUT2D eigenvalue weighted by molar-refractivity contribution is 0.354. The van der Waals surface area contributed by atoms with Gasteiger partial charge in [-0.15, -0.1) is 0 Å². The van der Waals surface area contributed by atoms with Gasteiger partial charge in [0.2, 0.25) is 0 Å². The highest BCUT2D eigenvalue weighted by Gasteiger charge is 2.20. The van der Waals surface area contributed by atoms with Crippen LogP contribution in [-0.2, 0) is 10.0 Å². The Hall–Kier alpha value is -2.55. The molecule has 0 saturated heterocycles. The Balaban J connectivity index is 2.42. The molecule has 0 fully saturated rings. The number of benzene rings is 1. The molecule has 0 aliphatic heterocycles. The number of nitrogens with zero attached hydrogens (tertiary/aromatic N) is 2. The van der Waals surface area contributed by atoms with E-state index in [-0.39, 0.29) is 10.9 Å². The molecule has 0 aliphatic carbocycles. The van der Waals surface area contributed by atoms with Gasteiger partial charge in [-0.25, -0.2) is 8.42 Å². The molecule has 1 aromatic carbocycles. The first-order chi connectivity index (χ1) is 11.3. The molecular weight excluding hydrogens is 334 g/mol. The molecule has 0 spiro atoms. The molecular formula is C15H19N3O5S. The zero-order valence-electron chi connectivity index (χ0n) is 14.1. The van der Waals surface area contributed by atoms with Crippen molar-refractivity contribution in [2.24, 2.45) is 0 Å². The Morgan fingerprint density at radius 2 is 1.50 bits per heavy atom. The number of nitrogens with one attached hydrogen (secondary N) is 1. The topological polar surface area (TPSA) is 99.6 Å².